The molecule has 0 amide bonds. The van der Waals surface area contributed by atoms with E-state index in [0.717, 1.165) is 23.7 Å². The van der Waals surface area contributed by atoms with E-state index in [1.54, 1.807) is 24.5 Å². The largest absolute Gasteiger partial charge is 0.477 e. The SMILES string of the molecule is CCN(CCO)CCc1nc(-c2ccncc2)c(C(=O)O)s1. The van der Waals surface area contributed by atoms with Gasteiger partial charge in [0.1, 0.15) is 4.88 Å². The Hall–Kier alpha value is -1.83. The lowest BCUT2D eigenvalue weighted by Gasteiger charge is -2.17. The lowest BCUT2D eigenvalue weighted by molar-refractivity contribution is 0.0702. The second kappa shape index (κ2) is 7.98. The topological polar surface area (TPSA) is 86.5 Å². The predicted octanol–water partition coefficient (Wildman–Crippen LogP) is 1.76. The summed E-state index contributed by atoms with van der Waals surface area (Å²) in [5, 5.41) is 19.1. The number of aliphatic hydroxyl groups excluding tert-OH is 1. The smallest absolute Gasteiger partial charge is 0.348 e. The summed E-state index contributed by atoms with van der Waals surface area (Å²) in [4.78, 5) is 22.2. The molecule has 2 aromatic rings. The van der Waals surface area contributed by atoms with Crippen molar-refractivity contribution >= 4 is 17.3 Å². The van der Waals surface area contributed by atoms with Gasteiger partial charge < -0.3 is 15.1 Å². The summed E-state index contributed by atoms with van der Waals surface area (Å²) in [6.07, 6.45) is 3.92. The van der Waals surface area contributed by atoms with Crippen LogP contribution < -0.4 is 0 Å². The van der Waals surface area contributed by atoms with Crippen molar-refractivity contribution in [3.63, 3.8) is 0 Å². The standard InChI is InChI=1S/C15H19N3O3S/c1-2-18(9-10-19)8-5-12-17-13(14(22-12)15(20)21)11-3-6-16-7-4-11/h3-4,6-7,19H,2,5,8-10H2,1H3,(H,20,21). The van der Waals surface area contributed by atoms with Crippen molar-refractivity contribution in [2.75, 3.05) is 26.2 Å². The molecule has 118 valence electrons. The zero-order valence-electron chi connectivity index (χ0n) is 12.4. The van der Waals surface area contributed by atoms with E-state index in [4.69, 9.17) is 5.11 Å². The third-order valence-electron chi connectivity index (χ3n) is 3.32. The molecule has 0 spiro atoms. The maximum Gasteiger partial charge on any atom is 0.348 e. The highest BCUT2D eigenvalue weighted by molar-refractivity contribution is 7.14. The Bertz CT molecular complexity index is 616. The van der Waals surface area contributed by atoms with Crippen LogP contribution in [0.4, 0.5) is 0 Å². The number of aromatic nitrogens is 2. The van der Waals surface area contributed by atoms with Gasteiger partial charge in [-0.3, -0.25) is 4.98 Å². The summed E-state index contributed by atoms with van der Waals surface area (Å²) in [7, 11) is 0. The van der Waals surface area contributed by atoms with E-state index in [2.05, 4.69) is 14.9 Å². The van der Waals surface area contributed by atoms with Crippen LogP contribution in [0.3, 0.4) is 0 Å². The molecule has 0 aliphatic rings. The molecule has 2 rings (SSSR count). The molecule has 2 N–H and O–H groups in total. The maximum atomic E-state index is 11.4. The van der Waals surface area contributed by atoms with E-state index >= 15 is 0 Å². The minimum Gasteiger partial charge on any atom is -0.477 e. The van der Waals surface area contributed by atoms with Gasteiger partial charge in [0.05, 0.1) is 17.3 Å². The van der Waals surface area contributed by atoms with Gasteiger partial charge in [-0.15, -0.1) is 11.3 Å². The predicted molar refractivity (Wildman–Crippen MR) is 85.2 cm³/mol. The molecule has 0 aliphatic carbocycles. The first-order chi connectivity index (χ1) is 10.7. The fourth-order valence-corrected chi connectivity index (χ4v) is 3.06. The van der Waals surface area contributed by atoms with Gasteiger partial charge in [-0.1, -0.05) is 6.92 Å². The van der Waals surface area contributed by atoms with Crippen LogP contribution in [-0.4, -0.2) is 57.3 Å². The van der Waals surface area contributed by atoms with Gasteiger partial charge in [-0.25, -0.2) is 9.78 Å². The molecule has 0 fully saturated rings. The number of aliphatic hydroxyl groups is 1. The normalized spacial score (nSPS) is 11.0. The lowest BCUT2D eigenvalue weighted by Crippen LogP contribution is -2.28. The number of aromatic carboxylic acids is 1. The molecule has 7 heteroatoms. The van der Waals surface area contributed by atoms with Crippen LogP contribution in [0.25, 0.3) is 11.3 Å². The van der Waals surface area contributed by atoms with E-state index in [-0.39, 0.29) is 11.5 Å². The van der Waals surface area contributed by atoms with Gasteiger partial charge in [0.15, 0.2) is 0 Å². The molecule has 6 nitrogen and oxygen atoms in total. The Labute approximate surface area is 133 Å². The highest BCUT2D eigenvalue weighted by Crippen LogP contribution is 2.28. The van der Waals surface area contributed by atoms with Crippen molar-refractivity contribution in [2.24, 2.45) is 0 Å². The van der Waals surface area contributed by atoms with Crippen molar-refractivity contribution in [2.45, 2.75) is 13.3 Å². The van der Waals surface area contributed by atoms with Crippen LogP contribution >= 0.6 is 11.3 Å². The van der Waals surface area contributed by atoms with Crippen molar-refractivity contribution in [3.8, 4) is 11.3 Å². The molecule has 0 aromatic carbocycles. The third kappa shape index (κ3) is 4.09. The minimum absolute atomic E-state index is 0.119. The van der Waals surface area contributed by atoms with Gasteiger partial charge in [0.2, 0.25) is 0 Å². The zero-order chi connectivity index (χ0) is 15.9. The molecule has 0 radical (unpaired) electrons. The average molecular weight is 321 g/mol. The molecular formula is C15H19N3O3S. The molecule has 22 heavy (non-hydrogen) atoms. The second-order valence-electron chi connectivity index (χ2n) is 4.73. The van der Waals surface area contributed by atoms with Crippen LogP contribution in [-0.2, 0) is 6.42 Å². The molecule has 0 saturated carbocycles. The zero-order valence-corrected chi connectivity index (χ0v) is 13.2. The molecule has 0 atom stereocenters. The van der Waals surface area contributed by atoms with Gasteiger partial charge >= 0.3 is 5.97 Å². The van der Waals surface area contributed by atoms with E-state index in [9.17, 15) is 9.90 Å². The molecule has 0 aliphatic heterocycles. The number of thiazole rings is 1. The number of hydrogen-bond acceptors (Lipinski definition) is 6. The fourth-order valence-electron chi connectivity index (χ4n) is 2.14. The van der Waals surface area contributed by atoms with E-state index in [1.807, 2.05) is 6.92 Å². The summed E-state index contributed by atoms with van der Waals surface area (Å²) in [5.41, 5.74) is 1.26. The molecule has 2 aromatic heterocycles. The van der Waals surface area contributed by atoms with Gasteiger partial charge in [-0.05, 0) is 18.7 Å². The Morgan fingerprint density at radius 3 is 2.64 bits per heavy atom. The van der Waals surface area contributed by atoms with Crippen LogP contribution in [0.5, 0.6) is 0 Å². The number of pyridine rings is 1. The van der Waals surface area contributed by atoms with Crippen LogP contribution in [0.15, 0.2) is 24.5 Å². The Balaban J connectivity index is 2.19. The molecule has 0 unspecified atom stereocenters. The van der Waals surface area contributed by atoms with Crippen LogP contribution in [0.2, 0.25) is 0 Å². The van der Waals surface area contributed by atoms with Crippen molar-refractivity contribution < 1.29 is 15.0 Å². The van der Waals surface area contributed by atoms with Crippen molar-refractivity contribution in [1.29, 1.82) is 0 Å². The highest BCUT2D eigenvalue weighted by Gasteiger charge is 2.19. The van der Waals surface area contributed by atoms with Gasteiger partial charge in [-0.2, -0.15) is 0 Å². The van der Waals surface area contributed by atoms with Crippen LogP contribution in [0.1, 0.15) is 21.6 Å². The second-order valence-corrected chi connectivity index (χ2v) is 5.82. The number of nitrogens with zero attached hydrogens (tertiary/aromatic N) is 3. The summed E-state index contributed by atoms with van der Waals surface area (Å²) >= 11 is 1.21. The number of carboxylic acids is 1. The first kappa shape index (κ1) is 16.5. The molecule has 2 heterocycles. The van der Waals surface area contributed by atoms with Crippen molar-refractivity contribution in [1.82, 2.24) is 14.9 Å². The molecule has 0 saturated heterocycles. The number of hydrogen-bond donors (Lipinski definition) is 2. The number of rotatable bonds is 8. The molecule has 0 bridgehead atoms. The monoisotopic (exact) mass is 321 g/mol. The van der Waals surface area contributed by atoms with Gasteiger partial charge in [0, 0.05) is 37.5 Å². The summed E-state index contributed by atoms with van der Waals surface area (Å²) < 4.78 is 0. The van der Waals surface area contributed by atoms with E-state index in [1.165, 1.54) is 11.3 Å². The van der Waals surface area contributed by atoms with E-state index in [0.29, 0.717) is 18.7 Å². The van der Waals surface area contributed by atoms with Crippen molar-refractivity contribution in [3.05, 3.63) is 34.4 Å². The minimum atomic E-state index is -0.960. The Morgan fingerprint density at radius 1 is 1.32 bits per heavy atom. The summed E-state index contributed by atoms with van der Waals surface area (Å²) in [6.45, 7) is 4.36. The number of carboxylic acid groups (broad SMARTS) is 1. The fraction of sp³-hybridized carbons (Fsp3) is 0.400. The highest BCUT2D eigenvalue weighted by atomic mass is 32.1. The first-order valence-corrected chi connectivity index (χ1v) is 7.94. The Morgan fingerprint density at radius 2 is 2.05 bits per heavy atom. The molecular weight excluding hydrogens is 302 g/mol. The average Bonchev–Trinajstić information content (AvgIpc) is 2.97. The first-order valence-electron chi connectivity index (χ1n) is 7.12. The van der Waals surface area contributed by atoms with Crippen LogP contribution in [0, 0.1) is 0 Å². The third-order valence-corrected chi connectivity index (χ3v) is 4.43. The lowest BCUT2D eigenvalue weighted by atomic mass is 10.2. The summed E-state index contributed by atoms with van der Waals surface area (Å²) in [6, 6.07) is 3.52. The van der Waals surface area contributed by atoms with Gasteiger partial charge in [0.25, 0.3) is 0 Å². The number of carbonyl (C=O) groups is 1. The summed E-state index contributed by atoms with van der Waals surface area (Å²) in [5.74, 6) is -0.960. The van der Waals surface area contributed by atoms with E-state index < -0.39 is 5.97 Å². The Kier molecular flexibility index (Phi) is 6.00. The quantitative estimate of drug-likeness (QED) is 0.770. The maximum absolute atomic E-state index is 11.4. The number of likely N-dealkylation sites (N-methyl/N-ethyl adjacent to an activating group) is 1.